The third-order valence-corrected chi connectivity index (χ3v) is 25.4. The van der Waals surface area contributed by atoms with E-state index in [1.54, 1.807) is 0 Å². The van der Waals surface area contributed by atoms with Crippen LogP contribution in [0.2, 0.25) is 0 Å². The van der Waals surface area contributed by atoms with Crippen LogP contribution >= 0.6 is 0 Å². The molecule has 2 unspecified atom stereocenters. The van der Waals surface area contributed by atoms with Crippen molar-refractivity contribution in [2.24, 2.45) is 11.8 Å². The van der Waals surface area contributed by atoms with E-state index in [9.17, 15) is 0 Å². The molecule has 105 heavy (non-hydrogen) atoms. The van der Waals surface area contributed by atoms with Crippen molar-refractivity contribution in [3.63, 3.8) is 0 Å². The summed E-state index contributed by atoms with van der Waals surface area (Å²) in [5.74, 6) is 1.95. The highest BCUT2D eigenvalue weighted by Gasteiger charge is 2.32. The van der Waals surface area contributed by atoms with Gasteiger partial charge in [0.25, 0.3) is 0 Å². The molecule has 14 saturated heterocycles. The molecule has 0 spiro atoms. The second-order valence-corrected chi connectivity index (χ2v) is 35.7. The number of rotatable bonds is 2. The Bertz CT molecular complexity index is 1740. The lowest BCUT2D eigenvalue weighted by Crippen LogP contribution is -2.53. The summed E-state index contributed by atoms with van der Waals surface area (Å²) in [6, 6.07) is 3.73. The van der Waals surface area contributed by atoms with Crippen LogP contribution in [0, 0.1) is 11.8 Å². The number of likely N-dealkylation sites (tertiary alicyclic amines) is 4. The van der Waals surface area contributed by atoms with Gasteiger partial charge in [-0.25, -0.2) is 0 Å². The third-order valence-electron chi connectivity index (χ3n) is 25.4. The maximum atomic E-state index is 3.32. The van der Waals surface area contributed by atoms with Crippen LogP contribution in [0.25, 0.3) is 0 Å². The second-order valence-electron chi connectivity index (χ2n) is 35.7. The molecule has 2 saturated carbocycles. The van der Waals surface area contributed by atoms with E-state index in [0.717, 1.165) is 36.0 Å². The first-order chi connectivity index (χ1) is 49.7. The summed E-state index contributed by atoms with van der Waals surface area (Å²) in [5, 5.41) is 3.32. The molecule has 0 aromatic heterocycles. The van der Waals surface area contributed by atoms with Gasteiger partial charge in [-0.1, -0.05) is 67.2 Å². The number of piperazine rings is 7. The molecule has 0 bridgehead atoms. The SMILES string of the molecule is C.C.CC1CCN(C)CC1.CC1CCNCC1.CN1CCCCC1.CN1CCCCC1.CN1CCCCCC1.CN1CCN(C)CC1.CN1CCN(C)CC1.CN1CCN(C)CC1.CN1CCN(C2CC2)CC1.CN1CCN(C2CCC2)CC1.CN1CCN2CCCC2C1.CN1CCN2CCCCC2C1. The Hall–Kier alpha value is -0.760. The van der Waals surface area contributed by atoms with Crippen LogP contribution in [0.15, 0.2) is 0 Å². The average Bonchev–Trinajstić information content (AvgIpc) is 1.85. The number of hydrogen-bond donors (Lipinski definition) is 1. The second kappa shape index (κ2) is 59.9. The van der Waals surface area contributed by atoms with Crippen molar-refractivity contribution in [1.82, 2.24) is 93.5 Å². The van der Waals surface area contributed by atoms with Crippen LogP contribution in [0.4, 0.5) is 0 Å². The Labute approximate surface area is 656 Å². The van der Waals surface area contributed by atoms with Gasteiger partial charge in [-0.3, -0.25) is 19.6 Å². The lowest BCUT2D eigenvalue weighted by molar-refractivity contribution is 0.0623. The first-order valence-corrected chi connectivity index (χ1v) is 43.9. The zero-order valence-corrected chi connectivity index (χ0v) is 71.9. The number of nitrogens with one attached hydrogen (secondary N) is 1. The van der Waals surface area contributed by atoms with E-state index in [2.05, 4.69) is 206 Å². The Morgan fingerprint density at radius 3 is 0.667 bits per heavy atom. The van der Waals surface area contributed by atoms with Gasteiger partial charge >= 0.3 is 0 Å². The van der Waals surface area contributed by atoms with Crippen LogP contribution in [-0.2, 0) is 0 Å². The van der Waals surface area contributed by atoms with E-state index in [1.807, 2.05) is 0 Å². The molecule has 14 heterocycles. The number of fused-ring (bicyclic) bond motifs is 2. The molecule has 16 fully saturated rings. The molecule has 2 aliphatic carbocycles. The third kappa shape index (κ3) is 48.2. The summed E-state index contributed by atoms with van der Waals surface area (Å²) in [6.07, 6.45) is 34.3. The van der Waals surface area contributed by atoms with E-state index in [4.69, 9.17) is 0 Å². The minimum atomic E-state index is 0. The van der Waals surface area contributed by atoms with Crippen molar-refractivity contribution in [2.45, 2.75) is 207 Å². The van der Waals surface area contributed by atoms with Gasteiger partial charge in [-0.15, -0.1) is 0 Å². The molecule has 0 aromatic carbocycles. The molecular formula is C86H187N19. The lowest BCUT2D eigenvalue weighted by Gasteiger charge is -2.42. The first-order valence-electron chi connectivity index (χ1n) is 43.9. The minimum Gasteiger partial charge on any atom is -0.317 e. The fraction of sp³-hybridized carbons (Fsp3) is 1.00. The molecule has 19 nitrogen and oxygen atoms in total. The molecule has 0 amide bonds. The van der Waals surface area contributed by atoms with Crippen molar-refractivity contribution < 1.29 is 0 Å². The van der Waals surface area contributed by atoms with E-state index in [-0.39, 0.29) is 14.9 Å². The van der Waals surface area contributed by atoms with Crippen LogP contribution in [0.1, 0.15) is 183 Å². The predicted molar refractivity (Wildman–Crippen MR) is 462 cm³/mol. The average molecular weight is 1490 g/mol. The molecule has 626 valence electrons. The summed E-state index contributed by atoms with van der Waals surface area (Å²) in [5.41, 5.74) is 0. The summed E-state index contributed by atoms with van der Waals surface area (Å²) in [7, 11) is 30.7. The zero-order valence-electron chi connectivity index (χ0n) is 71.9. The fourth-order valence-corrected chi connectivity index (χ4v) is 16.2. The monoisotopic (exact) mass is 1490 g/mol. The van der Waals surface area contributed by atoms with Gasteiger partial charge in [0.1, 0.15) is 0 Å². The highest BCUT2D eigenvalue weighted by Crippen LogP contribution is 2.28. The molecule has 14 aliphatic heterocycles. The van der Waals surface area contributed by atoms with Gasteiger partial charge in [0.05, 0.1) is 0 Å². The maximum Gasteiger partial charge on any atom is 0.0224 e. The molecule has 19 heteroatoms. The van der Waals surface area contributed by atoms with Crippen molar-refractivity contribution >= 4 is 0 Å². The standard InChI is InChI=1S/2C9H18N2.2C8H16N2.2C7H15N.3C6H14N2.3C6H13N.2CH4/c1-10-5-7-11(8-6-10)9-3-2-4-9;1-10-6-7-11-5-3-2-4-9(11)8-10;1-9-4-6-10(7-5-9)8-2-3-8;1-9-5-6-10-4-2-3-8(10)7-9;1-7-3-5-8(2)6-4-7;1-8-6-4-2-3-5-7-8;3*1-7-3-5-8(2)6-4-7;1-6-2-4-7-5-3-6;2*1-7-5-3-2-4-6-7;;/h2*9H,2-8H2,1H3;2*8H,2-7H2,1H3;7H,3-6H2,1-2H3;2-7H2,1H3;3*3-6H2,1-2H3;6-7H,2-5H2,1H3;2*2-6H2,1H3;2*1H4. The highest BCUT2D eigenvalue weighted by molar-refractivity contribution is 4.88. The quantitative estimate of drug-likeness (QED) is 0.286. The van der Waals surface area contributed by atoms with Crippen molar-refractivity contribution in [2.75, 3.05) is 347 Å². The number of likely N-dealkylation sites (N-methyl/N-ethyl adjacent to an activating group) is 10. The summed E-state index contributed by atoms with van der Waals surface area (Å²) in [6.45, 7) is 53.3. The molecule has 0 radical (unpaired) electrons. The summed E-state index contributed by atoms with van der Waals surface area (Å²) < 4.78 is 0. The van der Waals surface area contributed by atoms with Gasteiger partial charge in [-0.05, 0) is 305 Å². The Morgan fingerprint density at radius 1 is 0.171 bits per heavy atom. The Balaban J connectivity index is 0.000000298. The van der Waals surface area contributed by atoms with Crippen LogP contribution < -0.4 is 5.32 Å². The molecule has 16 aliphatic rings. The van der Waals surface area contributed by atoms with Crippen LogP contribution in [0.5, 0.6) is 0 Å². The lowest BCUT2D eigenvalue weighted by atomic mass is 9.91. The largest absolute Gasteiger partial charge is 0.317 e. The molecular weight excluding hydrogens is 1300 g/mol. The van der Waals surface area contributed by atoms with Crippen LogP contribution in [0.3, 0.4) is 0 Å². The zero-order chi connectivity index (χ0) is 74.4. The fourth-order valence-electron chi connectivity index (χ4n) is 16.2. The van der Waals surface area contributed by atoms with Gasteiger partial charge in [0.15, 0.2) is 0 Å². The van der Waals surface area contributed by atoms with E-state index < -0.39 is 0 Å². The predicted octanol–water partition coefficient (Wildman–Crippen LogP) is 9.28. The topological polar surface area (TPSA) is 70.4 Å². The summed E-state index contributed by atoms with van der Waals surface area (Å²) in [4.78, 5) is 44.2. The number of piperidine rings is 5. The molecule has 16 rings (SSSR count). The van der Waals surface area contributed by atoms with Gasteiger partial charge in [0, 0.05) is 194 Å². The Kier molecular flexibility index (Phi) is 56.1. The minimum absolute atomic E-state index is 0. The first kappa shape index (κ1) is 98.4. The summed E-state index contributed by atoms with van der Waals surface area (Å²) >= 11 is 0. The Morgan fingerprint density at radius 2 is 0.390 bits per heavy atom. The van der Waals surface area contributed by atoms with E-state index >= 15 is 0 Å². The molecule has 1 N–H and O–H groups in total. The van der Waals surface area contributed by atoms with E-state index in [1.165, 1.54) is 403 Å². The van der Waals surface area contributed by atoms with Crippen molar-refractivity contribution in [1.29, 1.82) is 0 Å². The number of hydrogen-bond acceptors (Lipinski definition) is 19. The van der Waals surface area contributed by atoms with Gasteiger partial charge in [-0.2, -0.15) is 0 Å². The van der Waals surface area contributed by atoms with Crippen molar-refractivity contribution in [3.8, 4) is 0 Å². The van der Waals surface area contributed by atoms with Crippen LogP contribution in [-0.4, -0.2) is 460 Å². The van der Waals surface area contributed by atoms with Gasteiger partial charge in [0.2, 0.25) is 0 Å². The molecule has 0 aromatic rings. The number of nitrogens with zero attached hydrogens (tertiary/aromatic N) is 18. The van der Waals surface area contributed by atoms with Gasteiger partial charge < -0.3 is 73.9 Å². The normalized spacial score (nSPS) is 28.2. The van der Waals surface area contributed by atoms with E-state index in [0.29, 0.717) is 0 Å². The van der Waals surface area contributed by atoms with Crippen molar-refractivity contribution in [3.05, 3.63) is 0 Å². The molecule has 2 atom stereocenters. The smallest absolute Gasteiger partial charge is 0.0224 e. The maximum absolute atomic E-state index is 3.32. The highest BCUT2D eigenvalue weighted by atomic mass is 15.3.